The van der Waals surface area contributed by atoms with Crippen LogP contribution in [0.2, 0.25) is 18.1 Å². The molecule has 1 aliphatic carbocycles. The summed E-state index contributed by atoms with van der Waals surface area (Å²) < 4.78 is 43.3. The highest BCUT2D eigenvalue weighted by molar-refractivity contribution is 6.74. The van der Waals surface area contributed by atoms with E-state index < -0.39 is 50.4 Å². The summed E-state index contributed by atoms with van der Waals surface area (Å²) in [7, 11) is -0.557. The van der Waals surface area contributed by atoms with Crippen LogP contribution in [-0.2, 0) is 23.4 Å². The van der Waals surface area contributed by atoms with Crippen LogP contribution in [0.1, 0.15) is 33.6 Å². The molecule has 4 heterocycles. The van der Waals surface area contributed by atoms with Gasteiger partial charge in [-0.05, 0) is 55.2 Å². The predicted molar refractivity (Wildman–Crippen MR) is 122 cm³/mol. The van der Waals surface area contributed by atoms with E-state index in [0.29, 0.717) is 12.4 Å². The normalized spacial score (nSPS) is 39.9. The molecule has 7 unspecified atom stereocenters. The highest BCUT2D eigenvalue weighted by atomic mass is 28.4. The van der Waals surface area contributed by atoms with Gasteiger partial charge in [0.1, 0.15) is 47.6 Å². The van der Waals surface area contributed by atoms with Crippen molar-refractivity contribution < 1.29 is 38.0 Å². The summed E-state index contributed by atoms with van der Waals surface area (Å²) in [6, 6.07) is 7.29. The summed E-state index contributed by atoms with van der Waals surface area (Å²) in [6.07, 6.45) is -1.21. The molecule has 1 spiro atoms. The van der Waals surface area contributed by atoms with Crippen LogP contribution in [0.4, 0.5) is 0 Å². The summed E-state index contributed by atoms with van der Waals surface area (Å²) in [4.78, 5) is 0. The lowest BCUT2D eigenvalue weighted by Gasteiger charge is -2.66. The van der Waals surface area contributed by atoms with E-state index in [9.17, 15) is 5.11 Å². The Hall–Kier alpha value is -1.20. The van der Waals surface area contributed by atoms with E-state index in [1.54, 1.807) is 7.11 Å². The molecule has 184 valence electrons. The first-order valence-electron chi connectivity index (χ1n) is 11.8. The van der Waals surface area contributed by atoms with Gasteiger partial charge in [0, 0.05) is 6.61 Å². The van der Waals surface area contributed by atoms with Gasteiger partial charge in [-0.2, -0.15) is 0 Å². The fourth-order valence-electron chi connectivity index (χ4n) is 5.14. The molecule has 0 amide bonds. The third kappa shape index (κ3) is 3.73. The minimum Gasteiger partial charge on any atom is -0.497 e. The Morgan fingerprint density at radius 3 is 2.33 bits per heavy atom. The zero-order valence-corrected chi connectivity index (χ0v) is 21.3. The van der Waals surface area contributed by atoms with Crippen LogP contribution < -0.4 is 9.47 Å². The molecule has 1 saturated carbocycles. The third-order valence-corrected chi connectivity index (χ3v) is 12.4. The van der Waals surface area contributed by atoms with Gasteiger partial charge in [-0.1, -0.05) is 20.8 Å². The molecule has 7 atom stereocenters. The van der Waals surface area contributed by atoms with Crippen molar-refractivity contribution in [2.45, 2.75) is 93.8 Å². The van der Waals surface area contributed by atoms with Crippen molar-refractivity contribution in [3.63, 3.8) is 0 Å². The number of aliphatic hydroxyl groups is 1. The SMILES string of the molecule is COc1ccc(OCC23OC4C(O)C(O2)C2(CCCO2)C(O3)C4O[Si](C)(C)C(C)(C)C)cc1. The van der Waals surface area contributed by atoms with Crippen molar-refractivity contribution in [3.05, 3.63) is 24.3 Å². The van der Waals surface area contributed by atoms with Gasteiger partial charge >= 0.3 is 5.97 Å². The van der Waals surface area contributed by atoms with Crippen molar-refractivity contribution in [2.75, 3.05) is 20.3 Å². The first-order chi connectivity index (χ1) is 15.5. The smallest absolute Gasteiger partial charge is 0.320 e. The number of hydrogen-bond acceptors (Lipinski definition) is 8. The molecule has 1 N–H and O–H groups in total. The van der Waals surface area contributed by atoms with Crippen molar-refractivity contribution in [1.82, 2.24) is 0 Å². The summed E-state index contributed by atoms with van der Waals surface area (Å²) in [5, 5.41) is 11.3. The molecule has 8 nitrogen and oxygen atoms in total. The number of ether oxygens (including phenoxy) is 6. The molecule has 6 rings (SSSR count). The lowest BCUT2D eigenvalue weighted by molar-refractivity contribution is -0.553. The van der Waals surface area contributed by atoms with Gasteiger partial charge in [0.25, 0.3) is 0 Å². The second-order valence-corrected chi connectivity index (χ2v) is 15.8. The van der Waals surface area contributed by atoms with Gasteiger partial charge in [-0.15, -0.1) is 0 Å². The van der Waals surface area contributed by atoms with Crippen LogP contribution in [0.25, 0.3) is 0 Å². The Kier molecular flexibility index (Phi) is 5.64. The van der Waals surface area contributed by atoms with E-state index in [0.717, 1.165) is 18.6 Å². The number of rotatable bonds is 6. The number of methoxy groups -OCH3 is 1. The van der Waals surface area contributed by atoms with Crippen LogP contribution >= 0.6 is 0 Å². The zero-order chi connectivity index (χ0) is 23.6. The maximum atomic E-state index is 11.3. The first-order valence-corrected chi connectivity index (χ1v) is 14.7. The van der Waals surface area contributed by atoms with Gasteiger partial charge in [-0.3, -0.25) is 0 Å². The fourth-order valence-corrected chi connectivity index (χ4v) is 6.43. The Morgan fingerprint density at radius 2 is 1.73 bits per heavy atom. The molecule has 0 aromatic heterocycles. The Balaban J connectivity index is 1.41. The summed E-state index contributed by atoms with van der Waals surface area (Å²) in [5.74, 6) is -0.0253. The monoisotopic (exact) mass is 480 g/mol. The van der Waals surface area contributed by atoms with Gasteiger partial charge in [0.2, 0.25) is 0 Å². The molecule has 4 bridgehead atoms. The van der Waals surface area contributed by atoms with E-state index in [-0.39, 0.29) is 11.6 Å². The summed E-state index contributed by atoms with van der Waals surface area (Å²) in [6.45, 7) is 11.6. The summed E-state index contributed by atoms with van der Waals surface area (Å²) >= 11 is 0. The van der Waals surface area contributed by atoms with Crippen molar-refractivity contribution in [3.8, 4) is 11.5 Å². The molecule has 1 aromatic carbocycles. The quantitative estimate of drug-likeness (QED) is 0.622. The van der Waals surface area contributed by atoms with Gasteiger partial charge in [0.15, 0.2) is 14.9 Å². The Morgan fingerprint density at radius 1 is 1.06 bits per heavy atom. The highest BCUT2D eigenvalue weighted by Crippen LogP contribution is 2.56. The fraction of sp³-hybridized carbons (Fsp3) is 0.750. The van der Waals surface area contributed by atoms with Gasteiger partial charge in [0.05, 0.1) is 7.11 Å². The second kappa shape index (κ2) is 7.91. The molecular weight excluding hydrogens is 444 g/mol. The Labute approximate surface area is 196 Å². The Bertz CT molecular complexity index is 862. The minimum absolute atomic E-state index is 0.00196. The second-order valence-electron chi connectivity index (χ2n) is 11.0. The molecule has 4 aliphatic heterocycles. The third-order valence-electron chi connectivity index (χ3n) is 7.96. The van der Waals surface area contributed by atoms with E-state index in [4.69, 9.17) is 32.8 Å². The number of aliphatic hydroxyl groups excluding tert-OH is 1. The van der Waals surface area contributed by atoms with E-state index in [1.807, 2.05) is 24.3 Å². The maximum absolute atomic E-state index is 11.3. The van der Waals surface area contributed by atoms with Crippen LogP contribution in [0.3, 0.4) is 0 Å². The molecule has 9 heteroatoms. The average Bonchev–Trinajstić information content (AvgIpc) is 3.25. The van der Waals surface area contributed by atoms with Crippen LogP contribution in [0, 0.1) is 0 Å². The van der Waals surface area contributed by atoms with Crippen LogP contribution in [-0.4, -0.2) is 75.8 Å². The topological polar surface area (TPSA) is 84.8 Å². The molecule has 4 saturated heterocycles. The van der Waals surface area contributed by atoms with E-state index in [1.165, 1.54) is 0 Å². The first kappa shape index (κ1) is 23.5. The van der Waals surface area contributed by atoms with Crippen molar-refractivity contribution in [1.29, 1.82) is 0 Å². The van der Waals surface area contributed by atoms with E-state index in [2.05, 4.69) is 33.9 Å². The van der Waals surface area contributed by atoms with Gasteiger partial charge < -0.3 is 38.0 Å². The highest BCUT2D eigenvalue weighted by Gasteiger charge is 2.75. The molecule has 0 radical (unpaired) electrons. The molecule has 1 aromatic rings. The maximum Gasteiger partial charge on any atom is 0.320 e. The van der Waals surface area contributed by atoms with Crippen molar-refractivity contribution in [2.24, 2.45) is 0 Å². The molecule has 5 aliphatic rings. The predicted octanol–water partition coefficient (Wildman–Crippen LogP) is 3.22. The molecular formula is C24H36O8Si. The largest absolute Gasteiger partial charge is 0.497 e. The molecule has 33 heavy (non-hydrogen) atoms. The lowest BCUT2D eigenvalue weighted by atomic mass is 9.71. The van der Waals surface area contributed by atoms with Crippen LogP contribution in [0.5, 0.6) is 11.5 Å². The summed E-state index contributed by atoms with van der Waals surface area (Å²) in [5.41, 5.74) is -0.740. The number of hydrogen-bond donors (Lipinski definition) is 1. The van der Waals surface area contributed by atoms with Crippen molar-refractivity contribution >= 4 is 8.32 Å². The average molecular weight is 481 g/mol. The molecule has 5 fully saturated rings. The van der Waals surface area contributed by atoms with Crippen LogP contribution in [0.15, 0.2) is 24.3 Å². The minimum atomic E-state index is -2.18. The standard InChI is InChI=1S/C24H36O8Si/c1-22(2,3)33(5,6)32-19-18-17(25)20-23(12-7-13-28-23)21(19)31-24(29-18,30-20)14-27-16-10-8-15(26-4)9-11-16/h8-11,17-21,25H,7,12-14H2,1-6H3. The zero-order valence-electron chi connectivity index (χ0n) is 20.3. The number of benzene rings is 1. The van der Waals surface area contributed by atoms with E-state index >= 15 is 0 Å². The van der Waals surface area contributed by atoms with Gasteiger partial charge in [-0.25, -0.2) is 0 Å². The lowest BCUT2D eigenvalue weighted by Crippen LogP contribution is -2.84.